The summed E-state index contributed by atoms with van der Waals surface area (Å²) < 4.78 is 0. The van der Waals surface area contributed by atoms with E-state index in [1.165, 1.54) is 55.6 Å². The summed E-state index contributed by atoms with van der Waals surface area (Å²) in [6, 6.07) is 76.0. The van der Waals surface area contributed by atoms with E-state index in [2.05, 4.69) is 217 Å². The van der Waals surface area contributed by atoms with Gasteiger partial charge in [0.05, 0.1) is 0 Å². The third-order valence-electron chi connectivity index (χ3n) is 9.07. The van der Waals surface area contributed by atoms with Gasteiger partial charge in [-0.15, -0.1) is 0 Å². The van der Waals surface area contributed by atoms with Crippen molar-refractivity contribution in [1.29, 1.82) is 0 Å². The second kappa shape index (κ2) is 13.7. The molecule has 0 unspecified atom stereocenters. The minimum absolute atomic E-state index is 1.11. The van der Waals surface area contributed by atoms with E-state index < -0.39 is 0 Å². The first-order chi connectivity index (χ1) is 24.3. The van der Waals surface area contributed by atoms with Gasteiger partial charge < -0.3 is 4.90 Å². The quantitative estimate of drug-likeness (QED) is 0.162. The highest BCUT2D eigenvalue weighted by Crippen LogP contribution is 2.38. The van der Waals surface area contributed by atoms with Crippen molar-refractivity contribution in [2.24, 2.45) is 0 Å². The Morgan fingerprint density at radius 3 is 0.755 bits per heavy atom. The molecule has 1 nitrogen and oxygen atoms in total. The minimum Gasteiger partial charge on any atom is -0.311 e. The molecule has 0 heterocycles. The van der Waals surface area contributed by atoms with E-state index >= 15 is 0 Å². The molecule has 0 spiro atoms. The predicted molar refractivity (Wildman–Crippen MR) is 208 cm³/mol. The Morgan fingerprint density at radius 1 is 0.184 bits per heavy atom. The lowest BCUT2D eigenvalue weighted by Gasteiger charge is -2.26. The van der Waals surface area contributed by atoms with Gasteiger partial charge in [0, 0.05) is 17.1 Å². The molecule has 0 atom stereocenters. The smallest absolute Gasteiger partial charge is 0.0462 e. The van der Waals surface area contributed by atoms with E-state index in [1.54, 1.807) is 0 Å². The topological polar surface area (TPSA) is 3.24 Å². The molecule has 0 N–H and O–H groups in total. The van der Waals surface area contributed by atoms with Gasteiger partial charge in [0.2, 0.25) is 0 Å². The van der Waals surface area contributed by atoms with Crippen molar-refractivity contribution in [2.45, 2.75) is 0 Å². The average Bonchev–Trinajstić information content (AvgIpc) is 3.20. The lowest BCUT2D eigenvalue weighted by atomic mass is 9.92. The average molecular weight is 626 g/mol. The van der Waals surface area contributed by atoms with Gasteiger partial charge in [0.1, 0.15) is 0 Å². The predicted octanol–water partition coefficient (Wildman–Crippen LogP) is 13.5. The monoisotopic (exact) mass is 625 g/mol. The maximum absolute atomic E-state index is 2.32. The van der Waals surface area contributed by atoms with Crippen molar-refractivity contribution in [3.05, 3.63) is 212 Å². The van der Waals surface area contributed by atoms with E-state index in [0.29, 0.717) is 0 Å². The Bertz CT molecular complexity index is 2260. The van der Waals surface area contributed by atoms with Crippen molar-refractivity contribution in [3.8, 4) is 55.6 Å². The van der Waals surface area contributed by atoms with Gasteiger partial charge in [-0.05, 0) is 110 Å². The summed E-state index contributed by atoms with van der Waals surface area (Å²) in [5, 5.41) is 0. The fraction of sp³-hybridized carbons (Fsp3) is 0. The highest BCUT2D eigenvalue weighted by atomic mass is 15.1. The summed E-state index contributed by atoms with van der Waals surface area (Å²) in [5.41, 5.74) is 15.4. The van der Waals surface area contributed by atoms with Crippen LogP contribution in [0, 0.1) is 0 Å². The molecule has 0 aliphatic carbocycles. The first-order valence-electron chi connectivity index (χ1n) is 16.8. The summed E-state index contributed by atoms with van der Waals surface area (Å²) in [5.74, 6) is 0. The fourth-order valence-electron chi connectivity index (χ4n) is 6.50. The minimum atomic E-state index is 1.11. The molecule has 0 fully saturated rings. The maximum Gasteiger partial charge on any atom is 0.0462 e. The SMILES string of the molecule is c1ccc(-c2ccc(-c3cc(-c4ccccc4)cc(-c4ccc(N(c5ccccc5)c5ccc(-c6ccccc6)cc5)cc4)c3)cc2)cc1. The number of anilines is 3. The standard InChI is InChI=1S/C48H35N/c1-5-13-36(14-6-1)39-21-23-41(24-22-39)44-33-43(38-17-9-3-10-18-38)34-45(35-44)42-27-31-48(32-28-42)49(46-19-11-4-12-20-46)47-29-25-40(26-30-47)37-15-7-2-8-16-37/h1-35H. The Balaban J connectivity index is 1.16. The van der Waals surface area contributed by atoms with E-state index in [1.807, 2.05) is 0 Å². The van der Waals surface area contributed by atoms with Gasteiger partial charge in [-0.25, -0.2) is 0 Å². The Kier molecular flexibility index (Phi) is 8.39. The molecule has 0 aliphatic heterocycles. The summed E-state index contributed by atoms with van der Waals surface area (Å²) in [7, 11) is 0. The van der Waals surface area contributed by atoms with Gasteiger partial charge in [-0.2, -0.15) is 0 Å². The number of benzene rings is 8. The highest BCUT2D eigenvalue weighted by Gasteiger charge is 2.14. The Hall–Kier alpha value is -6.44. The third-order valence-corrected chi connectivity index (χ3v) is 9.07. The van der Waals surface area contributed by atoms with Crippen molar-refractivity contribution >= 4 is 17.1 Å². The van der Waals surface area contributed by atoms with Crippen LogP contribution in [-0.2, 0) is 0 Å². The molecule has 1 heteroatoms. The Morgan fingerprint density at radius 2 is 0.408 bits per heavy atom. The fourth-order valence-corrected chi connectivity index (χ4v) is 6.50. The van der Waals surface area contributed by atoms with Gasteiger partial charge in [0.15, 0.2) is 0 Å². The molecule has 232 valence electrons. The molecule has 0 amide bonds. The summed E-state index contributed by atoms with van der Waals surface area (Å²) >= 11 is 0. The van der Waals surface area contributed by atoms with Crippen LogP contribution in [-0.4, -0.2) is 0 Å². The number of hydrogen-bond acceptors (Lipinski definition) is 1. The van der Waals surface area contributed by atoms with Crippen LogP contribution in [0.25, 0.3) is 55.6 Å². The number of para-hydroxylation sites is 1. The van der Waals surface area contributed by atoms with Gasteiger partial charge in [0.25, 0.3) is 0 Å². The molecule has 0 saturated carbocycles. The molecule has 8 rings (SSSR count). The number of rotatable bonds is 8. The number of hydrogen-bond donors (Lipinski definition) is 0. The first-order valence-corrected chi connectivity index (χ1v) is 16.8. The zero-order valence-electron chi connectivity index (χ0n) is 27.2. The molecule has 8 aromatic carbocycles. The van der Waals surface area contributed by atoms with Crippen molar-refractivity contribution < 1.29 is 0 Å². The van der Waals surface area contributed by atoms with E-state index in [4.69, 9.17) is 0 Å². The van der Waals surface area contributed by atoms with Crippen LogP contribution in [0.5, 0.6) is 0 Å². The van der Waals surface area contributed by atoms with Crippen LogP contribution in [0.3, 0.4) is 0 Å². The van der Waals surface area contributed by atoms with Gasteiger partial charge in [-0.3, -0.25) is 0 Å². The normalized spacial score (nSPS) is 10.9. The van der Waals surface area contributed by atoms with Crippen molar-refractivity contribution in [1.82, 2.24) is 0 Å². The molecular formula is C48H35N. The van der Waals surface area contributed by atoms with E-state index in [0.717, 1.165) is 17.1 Å². The van der Waals surface area contributed by atoms with Gasteiger partial charge in [-0.1, -0.05) is 158 Å². The Labute approximate surface area is 289 Å². The lowest BCUT2D eigenvalue weighted by Crippen LogP contribution is -2.09. The summed E-state index contributed by atoms with van der Waals surface area (Å²) in [6.45, 7) is 0. The second-order valence-electron chi connectivity index (χ2n) is 12.2. The van der Waals surface area contributed by atoms with E-state index in [-0.39, 0.29) is 0 Å². The third kappa shape index (κ3) is 6.56. The second-order valence-corrected chi connectivity index (χ2v) is 12.2. The van der Waals surface area contributed by atoms with E-state index in [9.17, 15) is 0 Å². The van der Waals surface area contributed by atoms with Gasteiger partial charge >= 0.3 is 0 Å². The summed E-state index contributed by atoms with van der Waals surface area (Å²) in [4.78, 5) is 2.32. The molecule has 0 saturated heterocycles. The molecule has 8 aromatic rings. The molecule has 0 aliphatic rings. The van der Waals surface area contributed by atoms with Crippen LogP contribution in [0.2, 0.25) is 0 Å². The van der Waals surface area contributed by atoms with Crippen LogP contribution < -0.4 is 4.90 Å². The van der Waals surface area contributed by atoms with Crippen LogP contribution >= 0.6 is 0 Å². The molecular weight excluding hydrogens is 591 g/mol. The maximum atomic E-state index is 2.32. The molecule has 49 heavy (non-hydrogen) atoms. The molecule has 0 bridgehead atoms. The summed E-state index contributed by atoms with van der Waals surface area (Å²) in [6.07, 6.45) is 0. The van der Waals surface area contributed by atoms with Crippen LogP contribution in [0.1, 0.15) is 0 Å². The van der Waals surface area contributed by atoms with Crippen LogP contribution in [0.15, 0.2) is 212 Å². The number of nitrogens with zero attached hydrogens (tertiary/aromatic N) is 1. The van der Waals surface area contributed by atoms with Crippen molar-refractivity contribution in [2.75, 3.05) is 4.90 Å². The van der Waals surface area contributed by atoms with Crippen LogP contribution in [0.4, 0.5) is 17.1 Å². The first kappa shape index (κ1) is 29.9. The molecule has 0 aromatic heterocycles. The lowest BCUT2D eigenvalue weighted by molar-refractivity contribution is 1.28. The van der Waals surface area contributed by atoms with Crippen molar-refractivity contribution in [3.63, 3.8) is 0 Å². The largest absolute Gasteiger partial charge is 0.311 e. The molecule has 0 radical (unpaired) electrons. The highest BCUT2D eigenvalue weighted by molar-refractivity contribution is 5.84. The zero-order chi connectivity index (χ0) is 32.8. The zero-order valence-corrected chi connectivity index (χ0v) is 27.2.